The van der Waals surface area contributed by atoms with Gasteiger partial charge in [0, 0.05) is 42.9 Å². The molecule has 1 N–H and O–H groups in total. The molecule has 6 heteroatoms. The van der Waals surface area contributed by atoms with E-state index in [1.807, 2.05) is 65.8 Å². The smallest absolute Gasteiger partial charge is 0.270 e. The van der Waals surface area contributed by atoms with Crippen LogP contribution in [0.25, 0.3) is 6.08 Å². The van der Waals surface area contributed by atoms with Crippen LogP contribution in [0.5, 0.6) is 0 Å². The van der Waals surface area contributed by atoms with Gasteiger partial charge >= 0.3 is 0 Å². The first-order valence-corrected chi connectivity index (χ1v) is 12.0. The van der Waals surface area contributed by atoms with E-state index >= 15 is 0 Å². The van der Waals surface area contributed by atoms with E-state index in [4.69, 9.17) is 0 Å². The molecule has 1 aromatic heterocycles. The molecule has 2 unspecified atom stereocenters. The normalized spacial score (nSPS) is 19.1. The summed E-state index contributed by atoms with van der Waals surface area (Å²) in [6.45, 7) is 5.66. The van der Waals surface area contributed by atoms with E-state index in [0.717, 1.165) is 28.8 Å². The average molecular weight is 468 g/mol. The second-order valence-corrected chi connectivity index (χ2v) is 9.70. The van der Waals surface area contributed by atoms with Crippen molar-refractivity contribution in [1.82, 2.24) is 14.8 Å². The molecule has 3 heterocycles. The van der Waals surface area contributed by atoms with Crippen LogP contribution >= 0.6 is 0 Å². The first-order valence-electron chi connectivity index (χ1n) is 12.0. The maximum absolute atomic E-state index is 13.8. The van der Waals surface area contributed by atoms with E-state index in [0.29, 0.717) is 25.2 Å². The van der Waals surface area contributed by atoms with Crippen molar-refractivity contribution in [3.63, 3.8) is 0 Å². The Morgan fingerprint density at radius 2 is 1.57 bits per heavy atom. The third-order valence-electron chi connectivity index (χ3n) is 6.95. The van der Waals surface area contributed by atoms with Gasteiger partial charge in [0.25, 0.3) is 17.4 Å². The zero-order valence-corrected chi connectivity index (χ0v) is 20.0. The summed E-state index contributed by atoms with van der Waals surface area (Å²) in [5.74, 6) is -0.203. The quantitative estimate of drug-likeness (QED) is 0.592. The number of nitrogens with one attached hydrogen (secondary N) is 1. The maximum Gasteiger partial charge on any atom is 0.270 e. The number of aryl methyl sites for hydroxylation is 2. The molecule has 0 spiro atoms. The van der Waals surface area contributed by atoms with E-state index in [-0.39, 0.29) is 34.9 Å². The van der Waals surface area contributed by atoms with Crippen LogP contribution in [0.1, 0.15) is 45.1 Å². The SMILES string of the molecule is Cc1ccc(/C=C(\NC(=O)c2ccc(C)cc2)C(=O)N2CC3CC(C2)c2cccc(=O)n2C3)cc1. The lowest BCUT2D eigenvalue weighted by molar-refractivity contribution is -0.130. The van der Waals surface area contributed by atoms with Crippen molar-refractivity contribution in [2.45, 2.75) is 32.7 Å². The highest BCUT2D eigenvalue weighted by Crippen LogP contribution is 2.35. The minimum absolute atomic E-state index is 0.0160. The third kappa shape index (κ3) is 4.83. The lowest BCUT2D eigenvalue weighted by Crippen LogP contribution is -2.50. The van der Waals surface area contributed by atoms with E-state index in [1.165, 1.54) is 0 Å². The van der Waals surface area contributed by atoms with Crippen molar-refractivity contribution in [2.24, 2.45) is 5.92 Å². The van der Waals surface area contributed by atoms with Crippen LogP contribution in [0.3, 0.4) is 0 Å². The van der Waals surface area contributed by atoms with Gasteiger partial charge in [0.1, 0.15) is 5.70 Å². The number of likely N-dealkylation sites (tertiary alicyclic amines) is 1. The molecular weight excluding hydrogens is 438 g/mol. The van der Waals surface area contributed by atoms with Crippen LogP contribution in [-0.4, -0.2) is 34.4 Å². The summed E-state index contributed by atoms with van der Waals surface area (Å²) < 4.78 is 1.85. The van der Waals surface area contributed by atoms with Gasteiger partial charge in [0.05, 0.1) is 0 Å². The van der Waals surface area contributed by atoms with Gasteiger partial charge in [0.2, 0.25) is 0 Å². The second kappa shape index (κ2) is 9.37. The third-order valence-corrected chi connectivity index (χ3v) is 6.95. The molecule has 2 aromatic carbocycles. The molecule has 5 rings (SSSR count). The summed E-state index contributed by atoms with van der Waals surface area (Å²) >= 11 is 0. The van der Waals surface area contributed by atoms with Crippen molar-refractivity contribution in [2.75, 3.05) is 13.1 Å². The number of benzene rings is 2. The fourth-order valence-corrected chi connectivity index (χ4v) is 5.11. The fraction of sp³-hybridized carbons (Fsp3) is 0.276. The van der Waals surface area contributed by atoms with Gasteiger partial charge in [-0.05, 0) is 56.0 Å². The molecule has 0 radical (unpaired) electrons. The topological polar surface area (TPSA) is 71.4 Å². The summed E-state index contributed by atoms with van der Waals surface area (Å²) in [4.78, 5) is 41.0. The van der Waals surface area contributed by atoms with E-state index in [9.17, 15) is 14.4 Å². The summed E-state index contributed by atoms with van der Waals surface area (Å²) in [6.07, 6.45) is 2.71. The standard InChI is InChI=1S/C29H29N3O3/c1-19-6-10-21(11-7-19)15-25(30-28(34)23-12-8-20(2)9-13-23)29(35)31-16-22-14-24(18-31)26-4-3-5-27(33)32(26)17-22/h3-13,15,22,24H,14,16-18H2,1-2H3,(H,30,34)/b25-15-. The predicted octanol–water partition coefficient (Wildman–Crippen LogP) is 3.88. The van der Waals surface area contributed by atoms with Crippen LogP contribution < -0.4 is 10.9 Å². The molecule has 2 aliphatic rings. The molecule has 6 nitrogen and oxygen atoms in total. The Hall–Kier alpha value is -3.93. The fourth-order valence-electron chi connectivity index (χ4n) is 5.11. The van der Waals surface area contributed by atoms with E-state index in [2.05, 4.69) is 5.32 Å². The predicted molar refractivity (Wildman–Crippen MR) is 136 cm³/mol. The molecule has 1 saturated heterocycles. The molecule has 178 valence electrons. The van der Waals surface area contributed by atoms with Crippen molar-refractivity contribution in [3.05, 3.63) is 111 Å². The lowest BCUT2D eigenvalue weighted by atomic mass is 9.83. The average Bonchev–Trinajstić information content (AvgIpc) is 2.85. The Bertz CT molecular complexity index is 1350. The summed E-state index contributed by atoms with van der Waals surface area (Å²) in [5, 5.41) is 2.88. The van der Waals surface area contributed by atoms with Gasteiger partial charge in [-0.25, -0.2) is 0 Å². The molecule has 2 amide bonds. The minimum atomic E-state index is -0.314. The van der Waals surface area contributed by atoms with Crippen LogP contribution in [0.15, 0.2) is 77.2 Å². The van der Waals surface area contributed by atoms with Gasteiger partial charge in [-0.3, -0.25) is 14.4 Å². The van der Waals surface area contributed by atoms with Gasteiger partial charge in [-0.2, -0.15) is 0 Å². The number of carbonyl (C=O) groups excluding carboxylic acids is 2. The van der Waals surface area contributed by atoms with Gasteiger partial charge < -0.3 is 14.8 Å². The van der Waals surface area contributed by atoms with Crippen LogP contribution in [-0.2, 0) is 11.3 Å². The molecule has 0 aliphatic carbocycles. The summed E-state index contributed by atoms with van der Waals surface area (Å²) in [5.41, 5.74) is 4.79. The molecular formula is C29H29N3O3. The van der Waals surface area contributed by atoms with Crippen molar-refractivity contribution in [1.29, 1.82) is 0 Å². The number of fused-ring (bicyclic) bond motifs is 4. The molecule has 35 heavy (non-hydrogen) atoms. The van der Waals surface area contributed by atoms with E-state index < -0.39 is 0 Å². The number of rotatable bonds is 4. The zero-order valence-electron chi connectivity index (χ0n) is 20.0. The Balaban J connectivity index is 1.44. The van der Waals surface area contributed by atoms with Crippen molar-refractivity contribution < 1.29 is 9.59 Å². The Kier molecular flexibility index (Phi) is 6.12. The molecule has 0 saturated carbocycles. The number of pyridine rings is 1. The highest BCUT2D eigenvalue weighted by atomic mass is 16.2. The van der Waals surface area contributed by atoms with E-state index in [1.54, 1.807) is 30.3 Å². The summed E-state index contributed by atoms with van der Waals surface area (Å²) in [6, 6.07) is 20.5. The number of carbonyl (C=O) groups is 2. The highest BCUT2D eigenvalue weighted by molar-refractivity contribution is 6.05. The summed E-state index contributed by atoms with van der Waals surface area (Å²) in [7, 11) is 0. The molecule has 1 fully saturated rings. The number of aromatic nitrogens is 1. The molecule has 3 aromatic rings. The van der Waals surface area contributed by atoms with Crippen LogP contribution in [0, 0.1) is 19.8 Å². The monoisotopic (exact) mass is 467 g/mol. The first-order chi connectivity index (χ1) is 16.9. The maximum atomic E-state index is 13.8. The molecule has 2 bridgehead atoms. The zero-order chi connectivity index (χ0) is 24.5. The molecule has 2 atom stereocenters. The number of amides is 2. The number of nitrogens with zero attached hydrogens (tertiary/aromatic N) is 2. The van der Waals surface area contributed by atoms with Crippen LogP contribution in [0.2, 0.25) is 0 Å². The number of hydrogen-bond acceptors (Lipinski definition) is 3. The van der Waals surface area contributed by atoms with Crippen molar-refractivity contribution >= 4 is 17.9 Å². The highest BCUT2D eigenvalue weighted by Gasteiger charge is 2.37. The largest absolute Gasteiger partial charge is 0.336 e. The Labute approximate surface area is 204 Å². The number of hydrogen-bond donors (Lipinski definition) is 1. The first kappa shape index (κ1) is 22.8. The Morgan fingerprint density at radius 1 is 0.886 bits per heavy atom. The van der Waals surface area contributed by atoms with Gasteiger partial charge in [-0.15, -0.1) is 0 Å². The lowest BCUT2D eigenvalue weighted by Gasteiger charge is -2.43. The minimum Gasteiger partial charge on any atom is -0.336 e. The Morgan fingerprint density at radius 3 is 2.29 bits per heavy atom. The second-order valence-electron chi connectivity index (χ2n) is 9.70. The van der Waals surface area contributed by atoms with Crippen LogP contribution in [0.4, 0.5) is 0 Å². The number of piperidine rings is 1. The van der Waals surface area contributed by atoms with Gasteiger partial charge in [-0.1, -0.05) is 53.6 Å². The molecule has 2 aliphatic heterocycles. The van der Waals surface area contributed by atoms with Gasteiger partial charge in [0.15, 0.2) is 0 Å². The van der Waals surface area contributed by atoms with Crippen molar-refractivity contribution in [3.8, 4) is 0 Å².